The lowest BCUT2D eigenvalue weighted by molar-refractivity contribution is -0.364. The van der Waals surface area contributed by atoms with E-state index in [2.05, 4.69) is 0 Å². The van der Waals surface area contributed by atoms with Gasteiger partial charge >= 0.3 is 0 Å². The van der Waals surface area contributed by atoms with Gasteiger partial charge in [0.2, 0.25) is 0 Å². The molecule has 13 heteroatoms. The molecule has 0 saturated carbocycles. The second-order valence-corrected chi connectivity index (χ2v) is 9.44. The van der Waals surface area contributed by atoms with Crippen molar-refractivity contribution in [1.82, 2.24) is 0 Å². The van der Waals surface area contributed by atoms with E-state index in [1.54, 1.807) is 20.8 Å². The molecule has 0 aliphatic carbocycles. The summed E-state index contributed by atoms with van der Waals surface area (Å²) in [5, 5.41) is 80.7. The quantitative estimate of drug-likeness (QED) is 0.170. The van der Waals surface area contributed by atoms with Gasteiger partial charge in [0.15, 0.2) is 18.9 Å². The Morgan fingerprint density at radius 2 is 0.941 bits per heavy atom. The minimum Gasteiger partial charge on any atom is -0.394 e. The minimum atomic E-state index is -1.32. The number of hydrogen-bond acceptors (Lipinski definition) is 13. The summed E-state index contributed by atoms with van der Waals surface area (Å²) in [7, 11) is 0. The molecule has 200 valence electrons. The Balaban J connectivity index is 1.72. The first-order valence-electron chi connectivity index (χ1n) is 11.6. The third-order valence-electron chi connectivity index (χ3n) is 7.12. The molecule has 0 aromatic rings. The van der Waals surface area contributed by atoms with Gasteiger partial charge in [-0.15, -0.1) is 0 Å². The zero-order valence-corrected chi connectivity index (χ0v) is 19.4. The van der Waals surface area contributed by atoms with Crippen LogP contribution in [0.5, 0.6) is 0 Å². The van der Waals surface area contributed by atoms with Gasteiger partial charge in [0.05, 0.1) is 38.1 Å². The van der Waals surface area contributed by atoms with Crippen LogP contribution in [0.2, 0.25) is 0 Å². The van der Waals surface area contributed by atoms with Crippen molar-refractivity contribution in [1.29, 1.82) is 0 Å². The summed E-state index contributed by atoms with van der Waals surface area (Å²) in [6, 6.07) is 0. The molecular formula is C21H38O13. The third kappa shape index (κ3) is 5.42. The first-order chi connectivity index (χ1) is 16.0. The number of hydrogen-bond donors (Lipinski definition) is 8. The van der Waals surface area contributed by atoms with Gasteiger partial charge in [-0.1, -0.05) is 20.8 Å². The van der Waals surface area contributed by atoms with Crippen molar-refractivity contribution in [2.45, 2.75) is 94.6 Å². The average Bonchev–Trinajstić information content (AvgIpc) is 2.83. The molecule has 7 unspecified atom stereocenters. The van der Waals surface area contributed by atoms with E-state index in [1.165, 1.54) is 0 Å². The van der Waals surface area contributed by atoms with E-state index < -0.39 is 111 Å². The molecular weight excluding hydrogens is 460 g/mol. The fraction of sp³-hybridized carbons (Fsp3) is 1.00. The number of aliphatic hydroxyl groups excluding tert-OH is 8. The monoisotopic (exact) mass is 498 g/mol. The van der Waals surface area contributed by atoms with Gasteiger partial charge in [0.25, 0.3) is 0 Å². The Morgan fingerprint density at radius 1 is 0.529 bits per heavy atom. The van der Waals surface area contributed by atoms with Crippen molar-refractivity contribution in [3.05, 3.63) is 0 Å². The highest BCUT2D eigenvalue weighted by Crippen LogP contribution is 2.36. The van der Waals surface area contributed by atoms with Gasteiger partial charge in [0, 0.05) is 17.8 Å². The van der Waals surface area contributed by atoms with Crippen molar-refractivity contribution in [3.63, 3.8) is 0 Å². The molecule has 3 fully saturated rings. The Kier molecular flexibility index (Phi) is 9.64. The van der Waals surface area contributed by atoms with Crippen molar-refractivity contribution in [2.24, 2.45) is 17.8 Å². The maximum Gasteiger partial charge on any atom is 0.163 e. The summed E-state index contributed by atoms with van der Waals surface area (Å²) in [5.74, 6) is -2.18. The molecule has 3 rings (SSSR count). The van der Waals surface area contributed by atoms with Gasteiger partial charge < -0.3 is 64.5 Å². The molecule has 0 amide bonds. The minimum absolute atomic E-state index is 0.540. The lowest BCUT2D eigenvalue weighted by Crippen LogP contribution is -2.63. The molecule has 3 aliphatic rings. The van der Waals surface area contributed by atoms with Crippen molar-refractivity contribution < 1.29 is 64.5 Å². The zero-order valence-electron chi connectivity index (χ0n) is 19.4. The summed E-state index contributed by atoms with van der Waals surface area (Å²) in [6.45, 7) is 3.04. The molecule has 0 bridgehead atoms. The Labute approximate surface area is 197 Å². The smallest absolute Gasteiger partial charge is 0.163 e. The van der Waals surface area contributed by atoms with Crippen LogP contribution in [0.15, 0.2) is 0 Å². The van der Waals surface area contributed by atoms with Crippen LogP contribution in [-0.4, -0.2) is 134 Å². The van der Waals surface area contributed by atoms with E-state index in [9.17, 15) is 40.9 Å². The Bertz CT molecular complexity index is 634. The summed E-state index contributed by atoms with van der Waals surface area (Å²) < 4.78 is 28.4. The van der Waals surface area contributed by atoms with E-state index in [0.717, 1.165) is 0 Å². The lowest BCUT2D eigenvalue weighted by atomic mass is 9.89. The van der Waals surface area contributed by atoms with Gasteiger partial charge in [-0.05, 0) is 0 Å². The first kappa shape index (κ1) is 28.1. The molecule has 0 radical (unpaired) electrons. The highest BCUT2D eigenvalue weighted by atomic mass is 16.7. The topological polar surface area (TPSA) is 208 Å². The maximum absolute atomic E-state index is 11.0. The van der Waals surface area contributed by atoms with Crippen molar-refractivity contribution in [2.75, 3.05) is 19.8 Å². The zero-order chi connectivity index (χ0) is 25.3. The van der Waals surface area contributed by atoms with Crippen LogP contribution >= 0.6 is 0 Å². The lowest BCUT2D eigenvalue weighted by Gasteiger charge is -2.48. The largest absolute Gasteiger partial charge is 0.394 e. The highest BCUT2D eigenvalue weighted by Gasteiger charge is 2.51. The summed E-state index contributed by atoms with van der Waals surface area (Å²) in [6.07, 6.45) is -14.0. The van der Waals surface area contributed by atoms with Crippen molar-refractivity contribution >= 4 is 0 Å². The van der Waals surface area contributed by atoms with E-state index >= 15 is 0 Å². The average molecular weight is 499 g/mol. The maximum atomic E-state index is 11.0. The van der Waals surface area contributed by atoms with Gasteiger partial charge in [-0.2, -0.15) is 0 Å². The van der Waals surface area contributed by atoms with Crippen LogP contribution < -0.4 is 0 Å². The Hall–Kier alpha value is -0.520. The fourth-order valence-corrected chi connectivity index (χ4v) is 4.59. The van der Waals surface area contributed by atoms with Crippen LogP contribution in [0, 0.1) is 17.8 Å². The molecule has 34 heavy (non-hydrogen) atoms. The predicted octanol–water partition coefficient (Wildman–Crippen LogP) is -3.75. The van der Waals surface area contributed by atoms with Gasteiger partial charge in [-0.25, -0.2) is 0 Å². The summed E-state index contributed by atoms with van der Waals surface area (Å²) in [4.78, 5) is 0. The molecule has 3 saturated heterocycles. The predicted molar refractivity (Wildman–Crippen MR) is 111 cm³/mol. The molecule has 0 aromatic carbocycles. The molecule has 15 atom stereocenters. The molecule has 0 aromatic heterocycles. The van der Waals surface area contributed by atoms with Gasteiger partial charge in [-0.3, -0.25) is 0 Å². The summed E-state index contributed by atoms with van der Waals surface area (Å²) >= 11 is 0. The number of rotatable bonds is 7. The normalized spacial score (nSPS) is 52.5. The Morgan fingerprint density at radius 3 is 1.44 bits per heavy atom. The SMILES string of the molecule is CC1C(O[C@H]2C(CO)OC(O)[C@H](C)[C@H]2O)O[C@H](CO)[C@@H](OC2OC(CO)[C@H](O)[C@H](O)[C@H]2C)C1O. The molecule has 3 heterocycles. The number of aliphatic hydroxyl groups is 8. The molecule has 3 aliphatic heterocycles. The van der Waals surface area contributed by atoms with E-state index in [1.807, 2.05) is 0 Å². The molecule has 13 nitrogen and oxygen atoms in total. The van der Waals surface area contributed by atoms with Gasteiger partial charge in [0.1, 0.15) is 36.6 Å². The number of ether oxygens (including phenoxy) is 5. The molecule has 0 spiro atoms. The van der Waals surface area contributed by atoms with Crippen LogP contribution in [-0.2, 0) is 23.7 Å². The fourth-order valence-electron chi connectivity index (χ4n) is 4.59. The second-order valence-electron chi connectivity index (χ2n) is 9.44. The van der Waals surface area contributed by atoms with Crippen LogP contribution in [0.1, 0.15) is 20.8 Å². The molecule has 8 N–H and O–H groups in total. The van der Waals surface area contributed by atoms with E-state index in [0.29, 0.717) is 0 Å². The van der Waals surface area contributed by atoms with E-state index in [4.69, 9.17) is 23.7 Å². The standard InChI is InChI=1S/C21H38O13/c1-7-14(26)17(11(5-23)30-19(7)29)33-21-9(3)15(27)18(12(6-24)32-21)34-20-8(2)13(25)16(28)10(4-22)31-20/h7-29H,4-6H2,1-3H3/t7-,8-,9?,10?,11?,12-,13-,14-,15?,16+,17+,18-,19?,20?,21?/m1/s1. The highest BCUT2D eigenvalue weighted by molar-refractivity contribution is 4.94. The van der Waals surface area contributed by atoms with Crippen LogP contribution in [0.4, 0.5) is 0 Å². The third-order valence-corrected chi connectivity index (χ3v) is 7.12. The van der Waals surface area contributed by atoms with E-state index in [-0.39, 0.29) is 0 Å². The second kappa shape index (κ2) is 11.7. The van der Waals surface area contributed by atoms with Crippen LogP contribution in [0.25, 0.3) is 0 Å². The van der Waals surface area contributed by atoms with Crippen molar-refractivity contribution in [3.8, 4) is 0 Å². The summed E-state index contributed by atoms with van der Waals surface area (Å²) in [5.41, 5.74) is 0. The first-order valence-corrected chi connectivity index (χ1v) is 11.6. The van der Waals surface area contributed by atoms with Crippen LogP contribution in [0.3, 0.4) is 0 Å².